The fourth-order valence-corrected chi connectivity index (χ4v) is 2.50. The van der Waals surface area contributed by atoms with Crippen molar-refractivity contribution >= 4 is 27.5 Å². The number of carbonyl (C=O) groups excluding carboxylic acids is 1. The Morgan fingerprint density at radius 3 is 2.85 bits per heavy atom. The predicted octanol–water partition coefficient (Wildman–Crippen LogP) is 2.48. The Morgan fingerprint density at radius 1 is 1.55 bits per heavy atom. The molecule has 5 heteroatoms. The first-order valence-corrected chi connectivity index (χ1v) is 7.71. The summed E-state index contributed by atoms with van der Waals surface area (Å²) in [5.74, 6) is 0.367. The van der Waals surface area contributed by atoms with Crippen LogP contribution in [0.2, 0.25) is 0 Å². The third-order valence-corrected chi connectivity index (χ3v) is 4.27. The van der Waals surface area contributed by atoms with E-state index in [0.29, 0.717) is 12.5 Å². The van der Waals surface area contributed by atoms with E-state index in [1.807, 2.05) is 43.1 Å². The van der Waals surface area contributed by atoms with Gasteiger partial charge in [-0.05, 0) is 50.9 Å². The Hall–Kier alpha value is -0.910. The SMILES string of the molecule is CC(C(=O)Nc1cccc(Br)c1)N(C)CC(O)C1CC1. The Bertz CT molecular complexity index is 477. The lowest BCUT2D eigenvalue weighted by atomic mass is 10.2. The average Bonchev–Trinajstić information content (AvgIpc) is 3.21. The van der Waals surface area contributed by atoms with Gasteiger partial charge < -0.3 is 10.4 Å². The lowest BCUT2D eigenvalue weighted by molar-refractivity contribution is -0.120. The zero-order chi connectivity index (χ0) is 14.7. The summed E-state index contributed by atoms with van der Waals surface area (Å²) in [6.45, 7) is 2.39. The van der Waals surface area contributed by atoms with E-state index < -0.39 is 0 Å². The summed E-state index contributed by atoms with van der Waals surface area (Å²) < 4.78 is 0.931. The van der Waals surface area contributed by atoms with Gasteiger partial charge in [0.25, 0.3) is 0 Å². The summed E-state index contributed by atoms with van der Waals surface area (Å²) in [4.78, 5) is 14.1. The van der Waals surface area contributed by atoms with Gasteiger partial charge in [0.15, 0.2) is 0 Å². The van der Waals surface area contributed by atoms with Gasteiger partial charge in [0.1, 0.15) is 0 Å². The summed E-state index contributed by atoms with van der Waals surface area (Å²) in [7, 11) is 1.87. The number of hydrogen-bond acceptors (Lipinski definition) is 3. The van der Waals surface area contributed by atoms with E-state index >= 15 is 0 Å². The molecule has 1 aliphatic carbocycles. The van der Waals surface area contributed by atoms with Gasteiger partial charge in [-0.2, -0.15) is 0 Å². The number of aliphatic hydroxyl groups is 1. The highest BCUT2D eigenvalue weighted by atomic mass is 79.9. The van der Waals surface area contributed by atoms with Crippen LogP contribution in [0.25, 0.3) is 0 Å². The van der Waals surface area contributed by atoms with Crippen molar-refractivity contribution in [2.75, 3.05) is 18.9 Å². The molecule has 1 amide bonds. The van der Waals surface area contributed by atoms with E-state index in [4.69, 9.17) is 0 Å². The molecule has 20 heavy (non-hydrogen) atoms. The van der Waals surface area contributed by atoms with Gasteiger partial charge in [-0.3, -0.25) is 9.69 Å². The quantitative estimate of drug-likeness (QED) is 0.836. The Kier molecular flexibility index (Phi) is 5.18. The smallest absolute Gasteiger partial charge is 0.241 e. The summed E-state index contributed by atoms with van der Waals surface area (Å²) in [6, 6.07) is 7.24. The molecule has 1 fully saturated rings. The van der Waals surface area contributed by atoms with Gasteiger partial charge in [-0.25, -0.2) is 0 Å². The van der Waals surface area contributed by atoms with Gasteiger partial charge >= 0.3 is 0 Å². The first-order valence-electron chi connectivity index (χ1n) is 6.92. The van der Waals surface area contributed by atoms with E-state index in [1.54, 1.807) is 0 Å². The molecule has 4 nitrogen and oxygen atoms in total. The fourth-order valence-electron chi connectivity index (χ4n) is 2.10. The molecule has 0 aliphatic heterocycles. The van der Waals surface area contributed by atoms with Crippen LogP contribution in [0, 0.1) is 5.92 Å². The van der Waals surface area contributed by atoms with Crippen LogP contribution in [0.3, 0.4) is 0 Å². The van der Waals surface area contributed by atoms with Crippen LogP contribution in [0.5, 0.6) is 0 Å². The van der Waals surface area contributed by atoms with Crippen molar-refractivity contribution in [1.29, 1.82) is 0 Å². The molecule has 0 aromatic heterocycles. The highest BCUT2D eigenvalue weighted by Gasteiger charge is 2.31. The molecule has 0 spiro atoms. The number of rotatable bonds is 6. The van der Waals surface area contributed by atoms with Gasteiger partial charge in [0.05, 0.1) is 12.1 Å². The van der Waals surface area contributed by atoms with E-state index in [2.05, 4.69) is 21.2 Å². The second kappa shape index (κ2) is 6.70. The number of benzene rings is 1. The maximum Gasteiger partial charge on any atom is 0.241 e. The molecule has 2 unspecified atom stereocenters. The number of nitrogens with one attached hydrogen (secondary N) is 1. The van der Waals surface area contributed by atoms with E-state index in [1.165, 1.54) is 0 Å². The van der Waals surface area contributed by atoms with Crippen LogP contribution < -0.4 is 5.32 Å². The normalized spacial score (nSPS) is 17.9. The monoisotopic (exact) mass is 340 g/mol. The lowest BCUT2D eigenvalue weighted by Crippen LogP contribution is -2.43. The maximum atomic E-state index is 12.2. The number of nitrogens with zero attached hydrogens (tertiary/aromatic N) is 1. The fraction of sp³-hybridized carbons (Fsp3) is 0.533. The first kappa shape index (κ1) is 15.5. The van der Waals surface area contributed by atoms with E-state index in [-0.39, 0.29) is 18.1 Å². The van der Waals surface area contributed by atoms with Crippen molar-refractivity contribution in [2.24, 2.45) is 5.92 Å². The minimum absolute atomic E-state index is 0.0615. The minimum atomic E-state index is -0.318. The number of aliphatic hydroxyl groups excluding tert-OH is 1. The van der Waals surface area contributed by atoms with Gasteiger partial charge in [0.2, 0.25) is 5.91 Å². The molecule has 0 saturated heterocycles. The Morgan fingerprint density at radius 2 is 2.25 bits per heavy atom. The molecule has 1 saturated carbocycles. The summed E-state index contributed by atoms with van der Waals surface area (Å²) in [5.41, 5.74) is 0.771. The average molecular weight is 341 g/mol. The van der Waals surface area contributed by atoms with Gasteiger partial charge in [-0.1, -0.05) is 22.0 Å². The minimum Gasteiger partial charge on any atom is -0.392 e. The number of hydrogen-bond donors (Lipinski definition) is 2. The predicted molar refractivity (Wildman–Crippen MR) is 83.6 cm³/mol. The second-order valence-corrected chi connectivity index (χ2v) is 6.44. The number of carbonyl (C=O) groups is 1. The van der Waals surface area contributed by atoms with Crippen molar-refractivity contribution in [1.82, 2.24) is 4.90 Å². The molecule has 1 aliphatic rings. The van der Waals surface area contributed by atoms with Crippen LogP contribution >= 0.6 is 15.9 Å². The lowest BCUT2D eigenvalue weighted by Gasteiger charge is -2.26. The summed E-state index contributed by atoms with van der Waals surface area (Å²) in [6.07, 6.45) is 1.89. The molecule has 2 rings (SSSR count). The topological polar surface area (TPSA) is 52.6 Å². The third kappa shape index (κ3) is 4.30. The number of halogens is 1. The Balaban J connectivity index is 1.87. The zero-order valence-corrected chi connectivity index (χ0v) is 13.4. The molecular weight excluding hydrogens is 320 g/mol. The van der Waals surface area contributed by atoms with Crippen LogP contribution in [-0.2, 0) is 4.79 Å². The highest BCUT2D eigenvalue weighted by molar-refractivity contribution is 9.10. The maximum absolute atomic E-state index is 12.2. The number of likely N-dealkylation sites (N-methyl/N-ethyl adjacent to an activating group) is 1. The van der Waals surface area contributed by atoms with Gasteiger partial charge in [-0.15, -0.1) is 0 Å². The van der Waals surface area contributed by atoms with Crippen molar-refractivity contribution in [3.63, 3.8) is 0 Å². The summed E-state index contributed by atoms with van der Waals surface area (Å²) in [5, 5.41) is 12.8. The molecule has 0 bridgehead atoms. The molecular formula is C15H21BrN2O2. The number of amides is 1. The summed E-state index contributed by atoms with van der Waals surface area (Å²) >= 11 is 3.38. The second-order valence-electron chi connectivity index (χ2n) is 5.52. The molecule has 110 valence electrons. The number of anilines is 1. The largest absolute Gasteiger partial charge is 0.392 e. The first-order chi connectivity index (χ1) is 9.47. The van der Waals surface area contributed by atoms with Crippen molar-refractivity contribution in [2.45, 2.75) is 31.9 Å². The molecule has 2 N–H and O–H groups in total. The van der Waals surface area contributed by atoms with Crippen molar-refractivity contribution in [3.05, 3.63) is 28.7 Å². The molecule has 2 atom stereocenters. The molecule has 1 aromatic carbocycles. The Labute approximate surface area is 128 Å². The van der Waals surface area contributed by atoms with Crippen molar-refractivity contribution in [3.8, 4) is 0 Å². The third-order valence-electron chi connectivity index (χ3n) is 3.77. The molecule has 0 heterocycles. The molecule has 0 radical (unpaired) electrons. The standard InChI is InChI=1S/C15H21BrN2O2/c1-10(18(2)9-14(19)11-6-7-11)15(20)17-13-5-3-4-12(16)8-13/h3-5,8,10-11,14,19H,6-7,9H2,1-2H3,(H,17,20). The van der Waals surface area contributed by atoms with Crippen LogP contribution in [0.1, 0.15) is 19.8 Å². The van der Waals surface area contributed by atoms with E-state index in [9.17, 15) is 9.90 Å². The van der Waals surface area contributed by atoms with E-state index in [0.717, 1.165) is 23.0 Å². The van der Waals surface area contributed by atoms with Crippen LogP contribution in [0.15, 0.2) is 28.7 Å². The molecule has 1 aromatic rings. The van der Waals surface area contributed by atoms with Crippen LogP contribution in [0.4, 0.5) is 5.69 Å². The van der Waals surface area contributed by atoms with Gasteiger partial charge in [0, 0.05) is 16.7 Å². The highest BCUT2D eigenvalue weighted by Crippen LogP contribution is 2.32. The van der Waals surface area contributed by atoms with Crippen molar-refractivity contribution < 1.29 is 9.90 Å². The van der Waals surface area contributed by atoms with Crippen LogP contribution in [-0.4, -0.2) is 41.7 Å². The zero-order valence-electron chi connectivity index (χ0n) is 11.8.